The number of aromatic nitrogens is 5. The number of hydrogen-bond donors (Lipinski definition) is 0. The summed E-state index contributed by atoms with van der Waals surface area (Å²) in [4.78, 5) is 13.7. The van der Waals surface area contributed by atoms with Crippen LogP contribution in [0.5, 0.6) is 11.5 Å². The number of para-hydroxylation sites is 2. The summed E-state index contributed by atoms with van der Waals surface area (Å²) in [5, 5.41) is 5.51. The van der Waals surface area contributed by atoms with E-state index in [1.54, 1.807) is 31.1 Å². The van der Waals surface area contributed by atoms with Gasteiger partial charge in [0.05, 0.1) is 48.0 Å². The van der Waals surface area contributed by atoms with E-state index >= 15 is 0 Å². The summed E-state index contributed by atoms with van der Waals surface area (Å²) in [5.74, 6) is 1.28. The van der Waals surface area contributed by atoms with Crippen molar-refractivity contribution in [2.45, 2.75) is 0 Å². The average molecular weight is 357 g/mol. The normalized spacial score (nSPS) is 11.3. The first-order chi connectivity index (χ1) is 13.3. The van der Waals surface area contributed by atoms with Crippen LogP contribution in [-0.2, 0) is 0 Å². The van der Waals surface area contributed by atoms with E-state index in [-0.39, 0.29) is 0 Å². The Balaban J connectivity index is 1.69. The fraction of sp³-hybridized carbons (Fsp3) is 0.100. The molecule has 7 nitrogen and oxygen atoms in total. The van der Waals surface area contributed by atoms with E-state index in [4.69, 9.17) is 9.47 Å². The third-order valence-electron chi connectivity index (χ3n) is 4.51. The third-order valence-corrected chi connectivity index (χ3v) is 4.51. The van der Waals surface area contributed by atoms with E-state index in [0.717, 1.165) is 38.8 Å². The molecule has 0 N–H and O–H groups in total. The summed E-state index contributed by atoms with van der Waals surface area (Å²) in [5.41, 5.74) is 4.81. The van der Waals surface area contributed by atoms with Crippen molar-refractivity contribution in [3.05, 3.63) is 55.0 Å². The van der Waals surface area contributed by atoms with Crippen molar-refractivity contribution in [1.29, 1.82) is 0 Å². The van der Waals surface area contributed by atoms with Crippen LogP contribution >= 0.6 is 0 Å². The van der Waals surface area contributed by atoms with Crippen LogP contribution in [0.2, 0.25) is 0 Å². The third kappa shape index (κ3) is 2.43. The Morgan fingerprint density at radius 1 is 0.852 bits per heavy atom. The molecule has 3 aromatic heterocycles. The molecule has 132 valence electrons. The van der Waals surface area contributed by atoms with Crippen LogP contribution in [0.15, 0.2) is 55.0 Å². The van der Waals surface area contributed by atoms with Gasteiger partial charge in [0.25, 0.3) is 0 Å². The largest absolute Gasteiger partial charge is 0.493 e. The molecule has 0 spiro atoms. The quantitative estimate of drug-likeness (QED) is 0.492. The maximum atomic E-state index is 5.39. The van der Waals surface area contributed by atoms with Crippen LogP contribution in [-0.4, -0.2) is 38.8 Å². The van der Waals surface area contributed by atoms with Gasteiger partial charge in [0.1, 0.15) is 0 Å². The smallest absolute Gasteiger partial charge is 0.163 e. The Bertz CT molecular complexity index is 1310. The molecule has 0 aliphatic heterocycles. The van der Waals surface area contributed by atoms with Crippen LogP contribution in [0.25, 0.3) is 38.8 Å². The fourth-order valence-electron chi connectivity index (χ4n) is 3.16. The highest BCUT2D eigenvalue weighted by Gasteiger charge is 2.13. The molecule has 0 radical (unpaired) electrons. The first-order valence-corrected chi connectivity index (χ1v) is 8.39. The predicted octanol–water partition coefficient (Wildman–Crippen LogP) is 3.51. The first-order valence-electron chi connectivity index (χ1n) is 8.39. The summed E-state index contributed by atoms with van der Waals surface area (Å²) < 4.78 is 12.5. The predicted molar refractivity (Wildman–Crippen MR) is 102 cm³/mol. The van der Waals surface area contributed by atoms with E-state index in [1.165, 1.54) is 0 Å². The van der Waals surface area contributed by atoms with Crippen molar-refractivity contribution in [1.82, 2.24) is 24.6 Å². The van der Waals surface area contributed by atoms with Crippen LogP contribution < -0.4 is 9.47 Å². The van der Waals surface area contributed by atoms with Gasteiger partial charge < -0.3 is 9.47 Å². The summed E-state index contributed by atoms with van der Waals surface area (Å²) in [6.45, 7) is 0. The lowest BCUT2D eigenvalue weighted by Gasteiger charge is -2.06. The molecule has 0 amide bonds. The first kappa shape index (κ1) is 15.5. The molecule has 5 rings (SSSR count). The van der Waals surface area contributed by atoms with Crippen molar-refractivity contribution in [2.24, 2.45) is 0 Å². The minimum atomic E-state index is 0.633. The average Bonchev–Trinajstić information content (AvgIpc) is 3.08. The van der Waals surface area contributed by atoms with Gasteiger partial charge in [0.2, 0.25) is 0 Å². The second-order valence-corrected chi connectivity index (χ2v) is 6.08. The minimum absolute atomic E-state index is 0.633. The molecule has 0 atom stereocenters. The highest BCUT2D eigenvalue weighted by Crippen LogP contribution is 2.33. The summed E-state index contributed by atoms with van der Waals surface area (Å²) >= 11 is 0. The van der Waals surface area contributed by atoms with E-state index in [0.29, 0.717) is 11.5 Å². The van der Waals surface area contributed by atoms with Gasteiger partial charge in [-0.05, 0) is 18.2 Å². The van der Waals surface area contributed by atoms with Crippen LogP contribution in [0, 0.1) is 0 Å². The molecule has 27 heavy (non-hydrogen) atoms. The number of hydrogen-bond acceptors (Lipinski definition) is 6. The summed E-state index contributed by atoms with van der Waals surface area (Å²) in [7, 11) is 3.22. The molecule has 2 aromatic carbocycles. The van der Waals surface area contributed by atoms with Crippen molar-refractivity contribution in [2.75, 3.05) is 14.2 Å². The second kappa shape index (κ2) is 5.91. The van der Waals surface area contributed by atoms with Gasteiger partial charge in [-0.15, -0.1) is 0 Å². The molecule has 0 saturated heterocycles. The zero-order chi connectivity index (χ0) is 18.4. The van der Waals surface area contributed by atoms with E-state index in [9.17, 15) is 0 Å². The van der Waals surface area contributed by atoms with Crippen LogP contribution in [0.1, 0.15) is 0 Å². The van der Waals surface area contributed by atoms with Gasteiger partial charge in [-0.25, -0.2) is 14.5 Å². The van der Waals surface area contributed by atoms with E-state index in [1.807, 2.05) is 42.6 Å². The Hall–Kier alpha value is -3.74. The monoisotopic (exact) mass is 357 g/mol. The molecule has 0 aliphatic carbocycles. The Labute approximate surface area is 154 Å². The van der Waals surface area contributed by atoms with Gasteiger partial charge >= 0.3 is 0 Å². The van der Waals surface area contributed by atoms with E-state index < -0.39 is 0 Å². The molecule has 5 aromatic rings. The number of fused-ring (bicyclic) bond motifs is 4. The highest BCUT2D eigenvalue weighted by atomic mass is 16.5. The lowest BCUT2D eigenvalue weighted by Crippen LogP contribution is -1.94. The molecule has 0 bridgehead atoms. The van der Waals surface area contributed by atoms with Crippen molar-refractivity contribution >= 4 is 27.6 Å². The van der Waals surface area contributed by atoms with Gasteiger partial charge in [-0.1, -0.05) is 12.1 Å². The van der Waals surface area contributed by atoms with Gasteiger partial charge in [0.15, 0.2) is 17.1 Å². The highest BCUT2D eigenvalue weighted by molar-refractivity contribution is 5.94. The molecule has 0 aliphatic rings. The molecular formula is C20H15N5O2. The van der Waals surface area contributed by atoms with Crippen molar-refractivity contribution in [3.63, 3.8) is 0 Å². The summed E-state index contributed by atoms with van der Waals surface area (Å²) in [6, 6.07) is 11.5. The number of nitrogens with zero attached hydrogens (tertiary/aromatic N) is 5. The number of rotatable bonds is 3. The zero-order valence-corrected chi connectivity index (χ0v) is 14.7. The number of ether oxygens (including phenoxy) is 2. The van der Waals surface area contributed by atoms with Gasteiger partial charge in [-0.2, -0.15) is 5.10 Å². The maximum Gasteiger partial charge on any atom is 0.163 e. The van der Waals surface area contributed by atoms with Gasteiger partial charge in [0, 0.05) is 24.0 Å². The molecular weight excluding hydrogens is 342 g/mol. The molecule has 3 heterocycles. The van der Waals surface area contributed by atoms with Crippen LogP contribution in [0.3, 0.4) is 0 Å². The molecule has 0 saturated carbocycles. The number of benzene rings is 2. The molecule has 7 heteroatoms. The lowest BCUT2D eigenvalue weighted by atomic mass is 10.2. The maximum absolute atomic E-state index is 5.39. The standard InChI is InChI=1S/C20H15N5O2/c1-26-18-7-13-16(8-19(18)27-2)24-25-11-12(9-22-20(13)25)17-10-21-14-5-3-4-6-15(14)23-17/h3-11H,1-2H3. The topological polar surface area (TPSA) is 74.4 Å². The number of methoxy groups -OCH3 is 2. The fourth-order valence-corrected chi connectivity index (χ4v) is 3.16. The SMILES string of the molecule is COc1cc2nn3cc(-c4cnc5ccccc5n4)cnc3c2cc1OC. The van der Waals surface area contributed by atoms with E-state index in [2.05, 4.69) is 20.1 Å². The second-order valence-electron chi connectivity index (χ2n) is 6.08. The Kier molecular flexibility index (Phi) is 3.39. The van der Waals surface area contributed by atoms with Crippen molar-refractivity contribution in [3.8, 4) is 22.8 Å². The lowest BCUT2D eigenvalue weighted by molar-refractivity contribution is 0.356. The van der Waals surface area contributed by atoms with Gasteiger partial charge in [-0.3, -0.25) is 4.98 Å². The molecule has 0 fully saturated rings. The Morgan fingerprint density at radius 2 is 1.63 bits per heavy atom. The Morgan fingerprint density at radius 3 is 2.44 bits per heavy atom. The van der Waals surface area contributed by atoms with Crippen molar-refractivity contribution < 1.29 is 9.47 Å². The minimum Gasteiger partial charge on any atom is -0.493 e. The zero-order valence-electron chi connectivity index (χ0n) is 14.7. The van der Waals surface area contributed by atoms with Crippen LogP contribution in [0.4, 0.5) is 0 Å². The molecule has 0 unspecified atom stereocenters. The summed E-state index contributed by atoms with van der Waals surface area (Å²) in [6.07, 6.45) is 5.44.